The Balaban J connectivity index is 1.50. The summed E-state index contributed by atoms with van der Waals surface area (Å²) in [6.45, 7) is 0.702. The van der Waals surface area contributed by atoms with Crippen molar-refractivity contribution < 1.29 is 36.2 Å². The lowest BCUT2D eigenvalue weighted by molar-refractivity contribution is 0.0745. The molecule has 1 saturated heterocycles. The van der Waals surface area contributed by atoms with Crippen LogP contribution in [-0.2, 0) is 0 Å². The highest BCUT2D eigenvalue weighted by Gasteiger charge is 2.32. The molecule has 0 unspecified atom stereocenters. The van der Waals surface area contributed by atoms with Crippen molar-refractivity contribution in [3.8, 4) is 11.5 Å². The van der Waals surface area contributed by atoms with Crippen molar-refractivity contribution in [3.63, 3.8) is 0 Å². The smallest absolute Gasteiger partial charge is 0.254 e. The van der Waals surface area contributed by atoms with Crippen molar-refractivity contribution in [1.29, 1.82) is 0 Å². The number of hydrogen-bond acceptors (Lipinski definition) is 4. The van der Waals surface area contributed by atoms with Gasteiger partial charge in [-0.3, -0.25) is 4.79 Å². The maximum atomic E-state index is 14.0. The van der Waals surface area contributed by atoms with Gasteiger partial charge in [0.25, 0.3) is 5.91 Å². The Kier molecular flexibility index (Phi) is 4.93. The zero-order valence-electron chi connectivity index (χ0n) is 15.0. The lowest BCUT2D eigenvalue weighted by Gasteiger charge is -2.36. The lowest BCUT2D eigenvalue weighted by Crippen LogP contribution is -2.49. The van der Waals surface area contributed by atoms with Gasteiger partial charge in [-0.25, -0.2) is 22.0 Å². The monoisotopic (exact) mass is 414 g/mol. The predicted molar refractivity (Wildman–Crippen MR) is 91.8 cm³/mol. The van der Waals surface area contributed by atoms with Gasteiger partial charge < -0.3 is 19.3 Å². The van der Waals surface area contributed by atoms with Gasteiger partial charge in [0, 0.05) is 31.7 Å². The fourth-order valence-electron chi connectivity index (χ4n) is 3.36. The summed E-state index contributed by atoms with van der Waals surface area (Å²) >= 11 is 0. The highest BCUT2D eigenvalue weighted by atomic mass is 19.2. The minimum Gasteiger partial charge on any atom is -0.486 e. The number of carbonyl (C=O) groups is 1. The molecule has 1 fully saturated rings. The lowest BCUT2D eigenvalue weighted by atomic mass is 10.1. The molecule has 0 aliphatic carbocycles. The van der Waals surface area contributed by atoms with E-state index in [0.29, 0.717) is 30.3 Å². The zero-order valence-corrected chi connectivity index (χ0v) is 15.0. The van der Waals surface area contributed by atoms with Gasteiger partial charge >= 0.3 is 0 Å². The molecule has 2 aromatic carbocycles. The van der Waals surface area contributed by atoms with Crippen LogP contribution in [0.15, 0.2) is 18.2 Å². The van der Waals surface area contributed by atoms with Crippen molar-refractivity contribution in [3.05, 3.63) is 52.8 Å². The molecule has 2 heterocycles. The summed E-state index contributed by atoms with van der Waals surface area (Å²) in [7, 11) is 0. The van der Waals surface area contributed by atoms with Crippen molar-refractivity contribution in [1.82, 2.24) is 4.90 Å². The first-order valence-electron chi connectivity index (χ1n) is 8.83. The second-order valence-corrected chi connectivity index (χ2v) is 6.56. The molecule has 4 rings (SSSR count). The Morgan fingerprint density at radius 1 is 0.759 bits per heavy atom. The standard InChI is InChI=1S/C19H15F5N2O3/c20-13-14(21)16(23)18(17(24)15(13)22)25-3-5-26(6-4-25)19(27)10-1-2-11-12(9-10)29-8-7-28-11/h1-2,9H,3-8H2. The number of amides is 1. The molecule has 0 radical (unpaired) electrons. The van der Waals surface area contributed by atoms with E-state index < -0.39 is 34.8 Å². The second-order valence-electron chi connectivity index (χ2n) is 6.56. The molecule has 1 amide bonds. The predicted octanol–water partition coefficient (Wildman–Crippen LogP) is 3.12. The molecule has 0 saturated carbocycles. The van der Waals surface area contributed by atoms with Gasteiger partial charge in [-0.2, -0.15) is 0 Å². The van der Waals surface area contributed by atoms with Crippen LogP contribution in [0.5, 0.6) is 11.5 Å². The third kappa shape index (κ3) is 3.32. The Morgan fingerprint density at radius 2 is 1.31 bits per heavy atom. The molecular formula is C19H15F5N2O3. The molecule has 154 valence electrons. The quantitative estimate of drug-likeness (QED) is 0.430. The highest BCUT2D eigenvalue weighted by molar-refractivity contribution is 5.95. The maximum absolute atomic E-state index is 14.0. The minimum atomic E-state index is -2.20. The van der Waals surface area contributed by atoms with Crippen molar-refractivity contribution in [2.45, 2.75) is 0 Å². The SMILES string of the molecule is O=C(c1ccc2c(c1)OCCO2)N1CCN(c2c(F)c(F)c(F)c(F)c2F)CC1. The molecular weight excluding hydrogens is 399 g/mol. The molecule has 5 nitrogen and oxygen atoms in total. The maximum Gasteiger partial charge on any atom is 0.254 e. The van der Waals surface area contributed by atoms with E-state index in [9.17, 15) is 26.7 Å². The highest BCUT2D eigenvalue weighted by Crippen LogP contribution is 2.33. The molecule has 2 aromatic rings. The van der Waals surface area contributed by atoms with Gasteiger partial charge in [0.05, 0.1) is 0 Å². The van der Waals surface area contributed by atoms with Crippen molar-refractivity contribution in [2.24, 2.45) is 0 Å². The summed E-state index contributed by atoms with van der Waals surface area (Å²) < 4.78 is 79.0. The molecule has 29 heavy (non-hydrogen) atoms. The molecule has 10 heteroatoms. The van der Waals surface area contributed by atoms with Gasteiger partial charge in [0.1, 0.15) is 18.9 Å². The van der Waals surface area contributed by atoms with Crippen LogP contribution in [0, 0.1) is 29.1 Å². The minimum absolute atomic E-state index is 0.0484. The van der Waals surface area contributed by atoms with E-state index in [4.69, 9.17) is 9.47 Å². The van der Waals surface area contributed by atoms with E-state index >= 15 is 0 Å². The Labute approximate surface area is 162 Å². The molecule has 0 aromatic heterocycles. The summed E-state index contributed by atoms with van der Waals surface area (Å²) in [6, 6.07) is 4.74. The van der Waals surface area contributed by atoms with Gasteiger partial charge in [-0.15, -0.1) is 0 Å². The van der Waals surface area contributed by atoms with E-state index in [1.165, 1.54) is 4.90 Å². The average molecular weight is 414 g/mol. The number of carbonyl (C=O) groups excluding carboxylic acids is 1. The van der Waals surface area contributed by atoms with E-state index in [-0.39, 0.29) is 32.1 Å². The summed E-state index contributed by atoms with van der Waals surface area (Å²) in [4.78, 5) is 15.2. The number of hydrogen-bond donors (Lipinski definition) is 0. The Morgan fingerprint density at radius 3 is 1.93 bits per heavy atom. The average Bonchev–Trinajstić information content (AvgIpc) is 2.76. The summed E-state index contributed by atoms with van der Waals surface area (Å²) in [6.07, 6.45) is 0. The third-order valence-electron chi connectivity index (χ3n) is 4.86. The van der Waals surface area contributed by atoms with Crippen LogP contribution < -0.4 is 14.4 Å². The van der Waals surface area contributed by atoms with Crippen LogP contribution in [0.25, 0.3) is 0 Å². The van der Waals surface area contributed by atoms with Gasteiger partial charge in [-0.1, -0.05) is 0 Å². The first-order valence-corrected chi connectivity index (χ1v) is 8.83. The third-order valence-corrected chi connectivity index (χ3v) is 4.86. The first kappa shape index (κ1) is 19.3. The van der Waals surface area contributed by atoms with Crippen molar-refractivity contribution >= 4 is 11.6 Å². The molecule has 2 aliphatic heterocycles. The Hall–Kier alpha value is -3.04. The molecule has 2 aliphatic rings. The summed E-state index contributed by atoms with van der Waals surface area (Å²) in [5.74, 6) is -9.30. The molecule has 0 spiro atoms. The Bertz CT molecular complexity index is 948. The number of halogens is 5. The fraction of sp³-hybridized carbons (Fsp3) is 0.316. The van der Waals surface area contributed by atoms with Gasteiger partial charge in [0.15, 0.2) is 34.8 Å². The number of rotatable bonds is 2. The topological polar surface area (TPSA) is 42.0 Å². The van der Waals surface area contributed by atoms with Crippen LogP contribution in [0.2, 0.25) is 0 Å². The molecule has 0 N–H and O–H groups in total. The largest absolute Gasteiger partial charge is 0.486 e. The van der Waals surface area contributed by atoms with E-state index in [1.807, 2.05) is 0 Å². The summed E-state index contributed by atoms with van der Waals surface area (Å²) in [5, 5.41) is 0. The van der Waals surface area contributed by atoms with E-state index in [2.05, 4.69) is 0 Å². The fourth-order valence-corrected chi connectivity index (χ4v) is 3.36. The van der Waals surface area contributed by atoms with Crippen LogP contribution in [-0.4, -0.2) is 50.2 Å². The first-order chi connectivity index (χ1) is 13.9. The van der Waals surface area contributed by atoms with E-state index in [0.717, 1.165) is 4.90 Å². The van der Waals surface area contributed by atoms with Crippen LogP contribution in [0.1, 0.15) is 10.4 Å². The van der Waals surface area contributed by atoms with Crippen LogP contribution in [0.4, 0.5) is 27.6 Å². The second kappa shape index (κ2) is 7.41. The zero-order chi connectivity index (χ0) is 20.7. The van der Waals surface area contributed by atoms with Crippen LogP contribution >= 0.6 is 0 Å². The molecule has 0 atom stereocenters. The number of ether oxygens (including phenoxy) is 2. The number of benzene rings is 2. The van der Waals surface area contributed by atoms with E-state index in [1.54, 1.807) is 18.2 Å². The van der Waals surface area contributed by atoms with Crippen LogP contribution in [0.3, 0.4) is 0 Å². The normalized spacial score (nSPS) is 16.2. The number of nitrogens with zero attached hydrogens (tertiary/aromatic N) is 2. The summed E-state index contributed by atoms with van der Waals surface area (Å²) in [5.41, 5.74) is -0.633. The number of fused-ring (bicyclic) bond motifs is 1. The van der Waals surface area contributed by atoms with Gasteiger partial charge in [0.2, 0.25) is 5.82 Å². The number of piperazine rings is 1. The number of anilines is 1. The van der Waals surface area contributed by atoms with Gasteiger partial charge in [-0.05, 0) is 18.2 Å². The molecule has 0 bridgehead atoms. The van der Waals surface area contributed by atoms with Crippen molar-refractivity contribution in [2.75, 3.05) is 44.3 Å².